The topological polar surface area (TPSA) is 107 Å². The summed E-state index contributed by atoms with van der Waals surface area (Å²) in [5.74, 6) is -1.44. The number of hydrogen-bond donors (Lipinski definition) is 3. The summed E-state index contributed by atoms with van der Waals surface area (Å²) in [6, 6.07) is 9.16. The Balaban J connectivity index is 1.91. The molecule has 0 unspecified atom stereocenters. The molecular formula is C19H14BrFN6O. The van der Waals surface area contributed by atoms with Gasteiger partial charge in [0.05, 0.1) is 27.5 Å². The third-order valence-corrected chi connectivity index (χ3v) is 4.71. The lowest BCUT2D eigenvalue weighted by Gasteiger charge is -2.12. The molecule has 1 heterocycles. The van der Waals surface area contributed by atoms with E-state index < -0.39 is 11.7 Å². The molecule has 3 rings (SSSR count). The molecule has 0 aliphatic rings. The van der Waals surface area contributed by atoms with Crippen LogP contribution in [0.4, 0.5) is 21.5 Å². The number of carbonyl (C=O) groups excluding carboxylic acids is 1. The molecule has 0 atom stereocenters. The van der Waals surface area contributed by atoms with Gasteiger partial charge in [0.15, 0.2) is 0 Å². The summed E-state index contributed by atoms with van der Waals surface area (Å²) < 4.78 is 15.9. The first-order chi connectivity index (χ1) is 13.4. The van der Waals surface area contributed by atoms with Gasteiger partial charge in [-0.05, 0) is 46.3 Å². The summed E-state index contributed by atoms with van der Waals surface area (Å²) in [5, 5.41) is 26.4. The lowest BCUT2D eigenvalue weighted by atomic mass is 10.1. The van der Waals surface area contributed by atoms with Gasteiger partial charge in [-0.1, -0.05) is 0 Å². The SMILES string of the molecule is Cn1cc(Nc2cc(NC(=O)c3c(F)ccc(C#N)c3Br)ccc2C=N)cn1. The first-order valence-electron chi connectivity index (χ1n) is 8.02. The van der Waals surface area contributed by atoms with E-state index in [-0.39, 0.29) is 15.6 Å². The van der Waals surface area contributed by atoms with E-state index in [0.717, 1.165) is 6.07 Å². The maximum atomic E-state index is 14.2. The summed E-state index contributed by atoms with van der Waals surface area (Å²) in [6.45, 7) is 0. The Morgan fingerprint density at radius 1 is 1.36 bits per heavy atom. The second kappa shape index (κ2) is 8.02. The fourth-order valence-electron chi connectivity index (χ4n) is 2.55. The van der Waals surface area contributed by atoms with Gasteiger partial charge >= 0.3 is 0 Å². The zero-order valence-corrected chi connectivity index (χ0v) is 16.2. The average molecular weight is 441 g/mol. The molecule has 1 amide bonds. The fraction of sp³-hybridized carbons (Fsp3) is 0.0526. The molecule has 1 aromatic heterocycles. The zero-order valence-electron chi connectivity index (χ0n) is 14.6. The Morgan fingerprint density at radius 2 is 2.14 bits per heavy atom. The maximum Gasteiger partial charge on any atom is 0.259 e. The summed E-state index contributed by atoms with van der Waals surface area (Å²) in [6.07, 6.45) is 4.56. The molecule has 0 spiro atoms. The van der Waals surface area contributed by atoms with E-state index in [1.807, 2.05) is 6.07 Å². The number of nitriles is 1. The van der Waals surface area contributed by atoms with Gasteiger partial charge in [0.2, 0.25) is 0 Å². The minimum atomic E-state index is -0.742. The van der Waals surface area contributed by atoms with Gasteiger partial charge in [-0.15, -0.1) is 0 Å². The van der Waals surface area contributed by atoms with Crippen LogP contribution >= 0.6 is 15.9 Å². The highest BCUT2D eigenvalue weighted by atomic mass is 79.9. The molecule has 28 heavy (non-hydrogen) atoms. The number of carbonyl (C=O) groups is 1. The second-order valence-corrected chi connectivity index (χ2v) is 6.62. The molecule has 0 bridgehead atoms. The molecule has 3 N–H and O–H groups in total. The number of hydrogen-bond acceptors (Lipinski definition) is 5. The minimum absolute atomic E-state index is 0.0947. The Bertz CT molecular complexity index is 1120. The number of halogens is 2. The summed E-state index contributed by atoms with van der Waals surface area (Å²) in [5.41, 5.74) is 2.19. The molecule has 2 aromatic carbocycles. The Labute approximate surface area is 168 Å². The van der Waals surface area contributed by atoms with Crippen LogP contribution in [0.5, 0.6) is 0 Å². The van der Waals surface area contributed by atoms with Gasteiger partial charge < -0.3 is 16.0 Å². The zero-order chi connectivity index (χ0) is 20.3. The van der Waals surface area contributed by atoms with Crippen molar-refractivity contribution >= 4 is 45.1 Å². The highest BCUT2D eigenvalue weighted by Crippen LogP contribution is 2.27. The Morgan fingerprint density at radius 3 is 2.79 bits per heavy atom. The molecular weight excluding hydrogens is 427 g/mol. The van der Waals surface area contributed by atoms with Crippen LogP contribution in [0.1, 0.15) is 21.5 Å². The highest BCUT2D eigenvalue weighted by Gasteiger charge is 2.19. The quantitative estimate of drug-likeness (QED) is 0.517. The van der Waals surface area contributed by atoms with Crippen molar-refractivity contribution in [3.8, 4) is 6.07 Å². The highest BCUT2D eigenvalue weighted by molar-refractivity contribution is 9.10. The van der Waals surface area contributed by atoms with Crippen LogP contribution in [0.25, 0.3) is 0 Å². The lowest BCUT2D eigenvalue weighted by Crippen LogP contribution is -2.15. The van der Waals surface area contributed by atoms with E-state index in [2.05, 4.69) is 31.7 Å². The molecule has 0 radical (unpaired) electrons. The van der Waals surface area contributed by atoms with Crippen molar-refractivity contribution in [3.05, 3.63) is 69.7 Å². The number of anilines is 3. The smallest absolute Gasteiger partial charge is 0.259 e. The molecule has 0 aliphatic carbocycles. The van der Waals surface area contributed by atoms with Gasteiger partial charge in [-0.25, -0.2) is 4.39 Å². The maximum absolute atomic E-state index is 14.2. The first kappa shape index (κ1) is 19.3. The van der Waals surface area contributed by atoms with Crippen molar-refractivity contribution in [2.75, 3.05) is 10.6 Å². The minimum Gasteiger partial charge on any atom is -0.352 e. The molecule has 140 valence electrons. The molecule has 0 fully saturated rings. The van der Waals surface area contributed by atoms with Crippen molar-refractivity contribution in [3.63, 3.8) is 0 Å². The third kappa shape index (κ3) is 3.92. The number of aryl methyl sites for hydroxylation is 1. The van der Waals surface area contributed by atoms with E-state index in [1.165, 1.54) is 12.3 Å². The molecule has 0 aliphatic heterocycles. The van der Waals surface area contributed by atoms with Crippen LogP contribution in [0.15, 0.2) is 47.2 Å². The van der Waals surface area contributed by atoms with E-state index in [1.54, 1.807) is 42.3 Å². The normalized spacial score (nSPS) is 10.2. The average Bonchev–Trinajstić information content (AvgIpc) is 3.07. The molecule has 0 saturated carbocycles. The summed E-state index contributed by atoms with van der Waals surface area (Å²) >= 11 is 3.12. The number of rotatable bonds is 5. The number of nitrogens with one attached hydrogen (secondary N) is 3. The Hall–Kier alpha value is -3.51. The fourth-order valence-corrected chi connectivity index (χ4v) is 3.14. The number of amides is 1. The van der Waals surface area contributed by atoms with Crippen molar-refractivity contribution in [2.45, 2.75) is 0 Å². The largest absolute Gasteiger partial charge is 0.352 e. The summed E-state index contributed by atoms with van der Waals surface area (Å²) in [7, 11) is 1.78. The third-order valence-electron chi connectivity index (χ3n) is 3.89. The van der Waals surface area contributed by atoms with Crippen molar-refractivity contribution in [1.82, 2.24) is 9.78 Å². The monoisotopic (exact) mass is 440 g/mol. The number of benzene rings is 2. The van der Waals surface area contributed by atoms with Crippen LogP contribution in [-0.2, 0) is 7.05 Å². The van der Waals surface area contributed by atoms with Crippen LogP contribution in [0, 0.1) is 22.6 Å². The number of aromatic nitrogens is 2. The van der Waals surface area contributed by atoms with E-state index >= 15 is 0 Å². The standard InChI is InChI=1S/C19H14BrFN6O/c1-27-10-14(9-24-27)25-16-6-13(4-2-11(16)7-22)26-19(28)17-15(21)5-3-12(8-23)18(17)20/h2-7,9-10,22,25H,1H3,(H,26,28). The molecule has 9 heteroatoms. The molecule has 0 saturated heterocycles. The van der Waals surface area contributed by atoms with Crippen LogP contribution in [0.2, 0.25) is 0 Å². The van der Waals surface area contributed by atoms with Crippen molar-refractivity contribution < 1.29 is 9.18 Å². The predicted molar refractivity (Wildman–Crippen MR) is 108 cm³/mol. The predicted octanol–water partition coefficient (Wildman–Crippen LogP) is 4.19. The molecule has 3 aromatic rings. The van der Waals surface area contributed by atoms with Gasteiger partial charge in [0, 0.05) is 36.4 Å². The van der Waals surface area contributed by atoms with Crippen molar-refractivity contribution in [1.29, 1.82) is 10.7 Å². The van der Waals surface area contributed by atoms with Crippen LogP contribution in [-0.4, -0.2) is 21.9 Å². The second-order valence-electron chi connectivity index (χ2n) is 5.82. The van der Waals surface area contributed by atoms with Gasteiger partial charge in [0.1, 0.15) is 11.9 Å². The number of nitrogens with zero attached hydrogens (tertiary/aromatic N) is 3. The van der Waals surface area contributed by atoms with Gasteiger partial charge in [0.25, 0.3) is 5.91 Å². The Kier molecular flexibility index (Phi) is 5.52. The first-order valence-corrected chi connectivity index (χ1v) is 8.82. The van der Waals surface area contributed by atoms with E-state index in [0.29, 0.717) is 22.6 Å². The van der Waals surface area contributed by atoms with E-state index in [9.17, 15) is 9.18 Å². The molecule has 7 nitrogen and oxygen atoms in total. The van der Waals surface area contributed by atoms with Crippen molar-refractivity contribution in [2.24, 2.45) is 7.05 Å². The lowest BCUT2D eigenvalue weighted by molar-refractivity contribution is 0.102. The van der Waals surface area contributed by atoms with Gasteiger partial charge in [-0.2, -0.15) is 10.4 Å². The van der Waals surface area contributed by atoms with Gasteiger partial charge in [-0.3, -0.25) is 9.48 Å². The van der Waals surface area contributed by atoms with Crippen LogP contribution < -0.4 is 10.6 Å². The van der Waals surface area contributed by atoms with E-state index in [4.69, 9.17) is 10.7 Å². The summed E-state index contributed by atoms with van der Waals surface area (Å²) in [4.78, 5) is 12.6. The van der Waals surface area contributed by atoms with Crippen LogP contribution in [0.3, 0.4) is 0 Å².